The summed E-state index contributed by atoms with van der Waals surface area (Å²) in [5, 5.41) is 13.3. The molecule has 39 heavy (non-hydrogen) atoms. The molecule has 2 heterocycles. The lowest BCUT2D eigenvalue weighted by atomic mass is 9.86. The lowest BCUT2D eigenvalue weighted by molar-refractivity contribution is -0.257. The van der Waals surface area contributed by atoms with Crippen LogP contribution in [0.15, 0.2) is 29.3 Å². The first kappa shape index (κ1) is 30.6. The molecule has 0 fully saturated rings. The highest BCUT2D eigenvalue weighted by Gasteiger charge is 2.51. The number of alkyl halides is 3. The number of esters is 1. The van der Waals surface area contributed by atoms with E-state index in [9.17, 15) is 31.6 Å². The number of nitrogens with zero attached hydrogens (tertiary/aromatic N) is 4. The number of anilines is 1. The van der Waals surface area contributed by atoms with Crippen molar-refractivity contribution in [2.45, 2.75) is 89.7 Å². The first-order valence-electron chi connectivity index (χ1n) is 12.1. The summed E-state index contributed by atoms with van der Waals surface area (Å²) in [5.41, 5.74) is -3.28. The normalized spacial score (nSPS) is 18.2. The molecule has 0 spiro atoms. The Hall–Kier alpha value is -2.98. The van der Waals surface area contributed by atoms with Crippen LogP contribution in [0, 0.1) is 16.7 Å². The Labute approximate surface area is 230 Å². The van der Waals surface area contributed by atoms with Crippen LogP contribution >= 0.6 is 11.6 Å². The largest absolute Gasteiger partial charge is 0.486 e. The summed E-state index contributed by atoms with van der Waals surface area (Å²) in [6.07, 6.45) is -4.56. The van der Waals surface area contributed by atoms with Gasteiger partial charge >= 0.3 is 12.1 Å². The van der Waals surface area contributed by atoms with Crippen molar-refractivity contribution in [2.75, 3.05) is 4.31 Å². The van der Waals surface area contributed by atoms with Gasteiger partial charge in [-0.3, -0.25) is 13.8 Å². The van der Waals surface area contributed by atoms with Gasteiger partial charge in [0.05, 0.1) is 29.6 Å². The Morgan fingerprint density at radius 1 is 1.26 bits per heavy atom. The average Bonchev–Trinajstić information content (AvgIpc) is 3.20. The molecule has 3 rings (SSSR count). The summed E-state index contributed by atoms with van der Waals surface area (Å²) in [7, 11) is -4.34. The smallest absolute Gasteiger partial charge is 0.427 e. The molecular weight excluding hydrogens is 561 g/mol. The lowest BCUT2D eigenvalue weighted by Gasteiger charge is -2.42. The molecule has 0 aliphatic carbocycles. The van der Waals surface area contributed by atoms with Gasteiger partial charge in [-0.15, -0.1) is 0 Å². The van der Waals surface area contributed by atoms with Crippen molar-refractivity contribution in [2.24, 2.45) is 5.41 Å². The minimum Gasteiger partial charge on any atom is -0.486 e. The number of rotatable bonds is 8. The molecule has 0 saturated heterocycles. The minimum atomic E-state index is -4.78. The Kier molecular flexibility index (Phi) is 8.26. The van der Waals surface area contributed by atoms with E-state index in [0.717, 1.165) is 18.2 Å². The fraction of sp³-hybridized carbons (Fsp3) is 0.560. The molecule has 1 aliphatic rings. The number of aromatic nitrogens is 2. The summed E-state index contributed by atoms with van der Waals surface area (Å²) in [5.74, 6) is -0.987. The van der Waals surface area contributed by atoms with Gasteiger partial charge in [0.25, 0.3) is 10.0 Å². The minimum absolute atomic E-state index is 0.0641. The standard InChI is InChI=1S/C25H30ClF3N4O5S/c1-7-32-13-20(22(26)31-32)39(35,36)33-15(2)19(12-23(3,4)14-30)37-18-9-8-16(10-17(18)33)11-21(34)38-24(5,6)25(27,28)29/h8-10,13,15,19H,7,11-12H2,1-6H3/t15-,19-/m0/s1. The molecule has 1 aliphatic heterocycles. The maximum atomic E-state index is 14.0. The fourth-order valence-electron chi connectivity index (χ4n) is 4.05. The van der Waals surface area contributed by atoms with Gasteiger partial charge in [0.1, 0.15) is 16.7 Å². The zero-order valence-corrected chi connectivity index (χ0v) is 23.9. The molecule has 0 saturated carbocycles. The quantitative estimate of drug-likeness (QED) is 0.385. The molecule has 9 nitrogen and oxygen atoms in total. The second-order valence-corrected chi connectivity index (χ2v) is 12.6. The molecule has 0 unspecified atom stereocenters. The van der Waals surface area contributed by atoms with E-state index in [1.54, 1.807) is 27.7 Å². The number of hydrogen-bond acceptors (Lipinski definition) is 7. The Balaban J connectivity index is 2.07. The highest BCUT2D eigenvalue weighted by Crippen LogP contribution is 2.43. The maximum absolute atomic E-state index is 14.0. The topological polar surface area (TPSA) is 115 Å². The second-order valence-electron chi connectivity index (χ2n) is 10.5. The maximum Gasteiger partial charge on any atom is 0.427 e. The molecule has 0 bridgehead atoms. The van der Waals surface area contributed by atoms with E-state index in [2.05, 4.69) is 15.9 Å². The summed E-state index contributed by atoms with van der Waals surface area (Å²) in [6, 6.07) is 5.59. The van der Waals surface area contributed by atoms with Gasteiger partial charge < -0.3 is 9.47 Å². The Morgan fingerprint density at radius 3 is 2.44 bits per heavy atom. The van der Waals surface area contributed by atoms with Crippen LogP contribution in [0.2, 0.25) is 5.15 Å². The SMILES string of the molecule is CCn1cc(S(=O)(=O)N2c3cc(CC(=O)OC(C)(C)C(F)(F)F)ccc3O[C@@H](CC(C)(C)C#N)[C@@H]2C)c(Cl)n1. The molecule has 0 amide bonds. The van der Waals surface area contributed by atoms with Crippen LogP contribution in [-0.4, -0.2) is 48.1 Å². The molecular formula is C25H30ClF3N4O5S. The summed E-state index contributed by atoms with van der Waals surface area (Å²) in [6.45, 7) is 8.63. The van der Waals surface area contributed by atoms with Gasteiger partial charge in [0.2, 0.25) is 5.60 Å². The highest BCUT2D eigenvalue weighted by atomic mass is 35.5. The van der Waals surface area contributed by atoms with E-state index in [-0.39, 0.29) is 33.5 Å². The van der Waals surface area contributed by atoms with Gasteiger partial charge in [-0.1, -0.05) is 17.7 Å². The molecule has 214 valence electrons. The Bertz CT molecular complexity index is 1400. The van der Waals surface area contributed by atoms with Crippen molar-refractivity contribution in [1.29, 1.82) is 5.26 Å². The van der Waals surface area contributed by atoms with E-state index in [0.29, 0.717) is 6.54 Å². The summed E-state index contributed by atoms with van der Waals surface area (Å²) < 4.78 is 80.7. The number of halogens is 4. The van der Waals surface area contributed by atoms with Gasteiger partial charge in [-0.25, -0.2) is 8.42 Å². The number of fused-ring (bicyclic) bond motifs is 1. The van der Waals surface area contributed by atoms with Gasteiger partial charge in [-0.05, 0) is 59.2 Å². The molecule has 0 radical (unpaired) electrons. The fourth-order valence-corrected chi connectivity index (χ4v) is 6.19. The van der Waals surface area contributed by atoms with Gasteiger partial charge in [0, 0.05) is 19.2 Å². The van der Waals surface area contributed by atoms with Gasteiger partial charge in [0.15, 0.2) is 5.15 Å². The monoisotopic (exact) mass is 590 g/mol. The number of carbonyl (C=O) groups excluding carboxylic acids is 1. The van der Waals surface area contributed by atoms with Crippen LogP contribution in [0.4, 0.5) is 18.9 Å². The van der Waals surface area contributed by atoms with Crippen LogP contribution in [0.1, 0.15) is 53.5 Å². The molecule has 1 aromatic heterocycles. The van der Waals surface area contributed by atoms with Crippen molar-refractivity contribution in [3.63, 3.8) is 0 Å². The third-order valence-corrected chi connectivity index (χ3v) is 8.70. The van der Waals surface area contributed by atoms with Crippen LogP contribution in [0.5, 0.6) is 5.75 Å². The third kappa shape index (κ3) is 6.27. The van der Waals surface area contributed by atoms with E-state index in [1.165, 1.54) is 29.1 Å². The number of carbonyl (C=O) groups is 1. The number of ether oxygens (including phenoxy) is 2. The number of sulfonamides is 1. The number of hydrogen-bond donors (Lipinski definition) is 0. The molecule has 14 heteroatoms. The van der Waals surface area contributed by atoms with Crippen molar-refractivity contribution in [3.8, 4) is 11.8 Å². The number of benzene rings is 1. The summed E-state index contributed by atoms with van der Waals surface area (Å²) >= 11 is 6.20. The lowest BCUT2D eigenvalue weighted by Crippen LogP contribution is -2.52. The van der Waals surface area contributed by atoms with Crippen molar-refractivity contribution in [3.05, 3.63) is 35.1 Å². The highest BCUT2D eigenvalue weighted by molar-refractivity contribution is 7.93. The van der Waals surface area contributed by atoms with Crippen molar-refractivity contribution >= 4 is 33.3 Å². The van der Waals surface area contributed by atoms with Gasteiger partial charge in [-0.2, -0.15) is 23.5 Å². The molecule has 1 aromatic carbocycles. The predicted molar refractivity (Wildman–Crippen MR) is 137 cm³/mol. The van der Waals surface area contributed by atoms with Crippen molar-refractivity contribution < 1.29 is 35.9 Å². The van der Waals surface area contributed by atoms with E-state index in [1.807, 2.05) is 0 Å². The number of nitriles is 1. The molecule has 0 N–H and O–H groups in total. The predicted octanol–water partition coefficient (Wildman–Crippen LogP) is 5.27. The summed E-state index contributed by atoms with van der Waals surface area (Å²) in [4.78, 5) is 12.1. The molecule has 2 atom stereocenters. The van der Waals surface area contributed by atoms with Crippen LogP contribution in [0.3, 0.4) is 0 Å². The van der Waals surface area contributed by atoms with Crippen LogP contribution in [0.25, 0.3) is 0 Å². The molecule has 2 aromatic rings. The van der Waals surface area contributed by atoms with Crippen LogP contribution in [-0.2, 0) is 32.5 Å². The van der Waals surface area contributed by atoms with Crippen molar-refractivity contribution in [1.82, 2.24) is 9.78 Å². The first-order chi connectivity index (χ1) is 17.8. The average molecular weight is 591 g/mol. The van der Waals surface area contributed by atoms with Crippen LogP contribution < -0.4 is 9.04 Å². The second kappa shape index (κ2) is 10.5. The first-order valence-corrected chi connectivity index (χ1v) is 13.9. The van der Waals surface area contributed by atoms with E-state index >= 15 is 0 Å². The third-order valence-electron chi connectivity index (χ3n) is 6.41. The number of aryl methyl sites for hydroxylation is 1. The van der Waals surface area contributed by atoms with E-state index < -0.39 is 51.8 Å². The Morgan fingerprint density at radius 2 is 1.90 bits per heavy atom. The zero-order chi connectivity index (χ0) is 29.6. The zero-order valence-electron chi connectivity index (χ0n) is 22.3. The van der Waals surface area contributed by atoms with E-state index in [4.69, 9.17) is 16.3 Å².